The molecule has 2 aliphatic heterocycles. The quantitative estimate of drug-likeness (QED) is 0.0910. The van der Waals surface area contributed by atoms with Crippen LogP contribution >= 0.6 is 0 Å². The molecule has 0 saturated carbocycles. The molecule has 63 heavy (non-hydrogen) atoms. The molecule has 2 fully saturated rings. The predicted molar refractivity (Wildman–Crippen MR) is 236 cm³/mol. The first-order valence-electron chi connectivity index (χ1n) is 21.2. The molecule has 7 rings (SSSR count). The van der Waals surface area contributed by atoms with Gasteiger partial charge in [0.2, 0.25) is 11.8 Å². The lowest BCUT2D eigenvalue weighted by Crippen LogP contribution is -2.51. The second-order valence-corrected chi connectivity index (χ2v) is 16.3. The van der Waals surface area contributed by atoms with Gasteiger partial charge < -0.3 is 40.0 Å². The molecule has 15 heteroatoms. The summed E-state index contributed by atoms with van der Waals surface area (Å²) in [6.07, 6.45) is -0.217. The fourth-order valence-corrected chi connectivity index (χ4v) is 8.35. The van der Waals surface area contributed by atoms with E-state index in [1.165, 1.54) is 9.80 Å². The lowest BCUT2D eigenvalue weighted by molar-refractivity contribution is -0.141. The summed E-state index contributed by atoms with van der Waals surface area (Å²) in [4.78, 5) is 84.6. The van der Waals surface area contributed by atoms with E-state index < -0.39 is 54.2 Å². The summed E-state index contributed by atoms with van der Waals surface area (Å²) in [6.45, 7) is 7.55. The fraction of sp³-hybridized carbons (Fsp3) is 0.333. The Morgan fingerprint density at radius 3 is 1.83 bits per heavy atom. The Morgan fingerprint density at radius 2 is 1.25 bits per heavy atom. The van der Waals surface area contributed by atoms with Crippen LogP contribution < -0.4 is 16.0 Å². The molecule has 2 aliphatic rings. The van der Waals surface area contributed by atoms with Crippen LogP contribution in [0.4, 0.5) is 21.0 Å². The van der Waals surface area contributed by atoms with Gasteiger partial charge in [-0.3, -0.25) is 24.1 Å². The van der Waals surface area contributed by atoms with E-state index in [1.807, 2.05) is 12.1 Å². The number of nitrogens with zero attached hydrogens (tertiary/aromatic N) is 3. The Hall–Kier alpha value is -7.16. The molecule has 0 unspecified atom stereocenters. The normalized spacial score (nSPS) is 17.0. The minimum absolute atomic E-state index is 0.325. The third-order valence-corrected chi connectivity index (χ3v) is 11.3. The molecule has 1 aromatic heterocycles. The summed E-state index contributed by atoms with van der Waals surface area (Å²) in [7, 11) is 0. The van der Waals surface area contributed by atoms with E-state index in [0.29, 0.717) is 72.6 Å². The van der Waals surface area contributed by atoms with Gasteiger partial charge in [-0.1, -0.05) is 60.7 Å². The molecule has 0 aliphatic carbocycles. The van der Waals surface area contributed by atoms with E-state index in [2.05, 4.69) is 16.0 Å². The van der Waals surface area contributed by atoms with Gasteiger partial charge in [-0.05, 0) is 113 Å². The third kappa shape index (κ3) is 9.98. The Balaban J connectivity index is 1.00. The number of hydrogen-bond donors (Lipinski definition) is 4. The van der Waals surface area contributed by atoms with Crippen molar-refractivity contribution in [1.82, 2.24) is 20.0 Å². The van der Waals surface area contributed by atoms with Gasteiger partial charge in [0.15, 0.2) is 0 Å². The predicted octanol–water partition coefficient (Wildman–Crippen LogP) is 7.96. The molecule has 15 nitrogen and oxygen atoms in total. The number of rotatable bonds is 13. The average molecular weight is 857 g/mol. The van der Waals surface area contributed by atoms with Crippen LogP contribution in [0.2, 0.25) is 0 Å². The maximum atomic E-state index is 14.1. The number of alkyl carbamates (subject to hydrolysis) is 1. The van der Waals surface area contributed by atoms with Gasteiger partial charge in [-0.15, -0.1) is 0 Å². The molecule has 5 aromatic rings. The maximum absolute atomic E-state index is 14.1. The number of likely N-dealkylation sites (tertiary alicyclic amines) is 2. The van der Waals surface area contributed by atoms with Crippen LogP contribution in [0.25, 0.3) is 22.3 Å². The highest BCUT2D eigenvalue weighted by atomic mass is 16.6. The van der Waals surface area contributed by atoms with E-state index in [9.17, 15) is 33.9 Å². The van der Waals surface area contributed by atoms with Gasteiger partial charge in [0.05, 0.1) is 6.10 Å². The number of benzene rings is 4. The lowest BCUT2D eigenvalue weighted by Gasteiger charge is -2.36. The van der Waals surface area contributed by atoms with Crippen molar-refractivity contribution >= 4 is 58.2 Å². The fourth-order valence-electron chi connectivity index (χ4n) is 8.35. The summed E-state index contributed by atoms with van der Waals surface area (Å²) >= 11 is 0. The number of carbonyl (C=O) groups excluding carboxylic acids is 5. The summed E-state index contributed by atoms with van der Waals surface area (Å²) in [5.41, 5.74) is 3.46. The van der Waals surface area contributed by atoms with Crippen molar-refractivity contribution in [2.45, 2.75) is 89.7 Å². The standard InChI is InChI=1S/C48H52N6O9/c1-29(2)54(48(60)61)42(33-15-9-6-10-16-33)46(58)53-26-12-18-38(53)43(55)49-35-21-19-31(20-22-35)40-28-34-27-36(23-24-39(34)63-40)50-44(56)37-17-11-25-52(37)45(57)41(32-13-7-5-8-14-32)51-47(59)62-30(3)4/h5-10,13-16,19-24,27-30,37-38,41-42H,11-12,17-18,25-26H2,1-4H3,(H,49,55)(H,50,56)(H,51,59)(H,60,61)/t37-,38-,41+,42+/m0/s1. The van der Waals surface area contributed by atoms with Crippen LogP contribution in [-0.4, -0.2) is 92.9 Å². The van der Waals surface area contributed by atoms with Crippen LogP contribution in [0.3, 0.4) is 0 Å². The molecule has 0 bridgehead atoms. The zero-order valence-corrected chi connectivity index (χ0v) is 35.7. The minimum Gasteiger partial charge on any atom is -0.465 e. The van der Waals surface area contributed by atoms with Gasteiger partial charge in [-0.25, -0.2) is 9.59 Å². The highest BCUT2D eigenvalue weighted by molar-refractivity contribution is 6.01. The number of hydrogen-bond acceptors (Lipinski definition) is 8. The van der Waals surface area contributed by atoms with Gasteiger partial charge in [0.25, 0.3) is 11.8 Å². The van der Waals surface area contributed by atoms with Crippen molar-refractivity contribution in [3.05, 3.63) is 120 Å². The van der Waals surface area contributed by atoms with Crippen LogP contribution in [-0.2, 0) is 23.9 Å². The Kier molecular flexibility index (Phi) is 13.4. The first-order chi connectivity index (χ1) is 30.3. The summed E-state index contributed by atoms with van der Waals surface area (Å²) in [5, 5.41) is 19.4. The number of anilines is 2. The molecule has 4 atom stereocenters. The van der Waals surface area contributed by atoms with E-state index >= 15 is 0 Å². The van der Waals surface area contributed by atoms with Crippen molar-refractivity contribution in [2.24, 2.45) is 0 Å². The minimum atomic E-state index is -1.22. The number of furan rings is 1. The molecule has 2 saturated heterocycles. The Labute approximate surface area is 365 Å². The second kappa shape index (κ2) is 19.3. The smallest absolute Gasteiger partial charge is 0.408 e. The van der Waals surface area contributed by atoms with Crippen LogP contribution in [0.5, 0.6) is 0 Å². The number of ether oxygens (including phenoxy) is 1. The third-order valence-electron chi connectivity index (χ3n) is 11.3. The number of carboxylic acid groups (broad SMARTS) is 1. The van der Waals surface area contributed by atoms with Crippen LogP contribution in [0.1, 0.15) is 76.6 Å². The van der Waals surface area contributed by atoms with E-state index in [1.54, 1.807) is 125 Å². The number of nitrogens with one attached hydrogen (secondary N) is 3. The van der Waals surface area contributed by atoms with Crippen molar-refractivity contribution in [3.8, 4) is 11.3 Å². The Bertz CT molecular complexity index is 2450. The summed E-state index contributed by atoms with van der Waals surface area (Å²) in [5.74, 6) is -1.01. The highest BCUT2D eigenvalue weighted by Crippen LogP contribution is 2.33. The van der Waals surface area contributed by atoms with Crippen molar-refractivity contribution in [3.63, 3.8) is 0 Å². The van der Waals surface area contributed by atoms with Crippen molar-refractivity contribution < 1.29 is 43.0 Å². The molecular weight excluding hydrogens is 805 g/mol. The average Bonchev–Trinajstić information content (AvgIpc) is 4.05. The van der Waals surface area contributed by atoms with Gasteiger partial charge in [0, 0.05) is 41.5 Å². The zero-order valence-electron chi connectivity index (χ0n) is 35.7. The van der Waals surface area contributed by atoms with E-state index in [4.69, 9.17) is 9.15 Å². The van der Waals surface area contributed by atoms with Crippen molar-refractivity contribution in [2.75, 3.05) is 23.7 Å². The summed E-state index contributed by atoms with van der Waals surface area (Å²) in [6, 6.07) is 27.7. The number of amides is 6. The van der Waals surface area contributed by atoms with Gasteiger partial charge in [0.1, 0.15) is 35.5 Å². The number of carbonyl (C=O) groups is 6. The molecular formula is C48H52N6O9. The summed E-state index contributed by atoms with van der Waals surface area (Å²) < 4.78 is 11.4. The topological polar surface area (TPSA) is 191 Å². The van der Waals surface area contributed by atoms with Gasteiger partial charge in [-0.2, -0.15) is 0 Å². The molecule has 0 spiro atoms. The maximum Gasteiger partial charge on any atom is 0.408 e. The Morgan fingerprint density at radius 1 is 0.698 bits per heavy atom. The van der Waals surface area contributed by atoms with Gasteiger partial charge >= 0.3 is 12.2 Å². The molecule has 3 heterocycles. The van der Waals surface area contributed by atoms with Crippen LogP contribution in [0, 0.1) is 0 Å². The van der Waals surface area contributed by atoms with E-state index in [0.717, 1.165) is 15.8 Å². The molecule has 328 valence electrons. The lowest BCUT2D eigenvalue weighted by atomic mass is 10.0. The molecule has 4 N–H and O–H groups in total. The van der Waals surface area contributed by atoms with Crippen molar-refractivity contribution in [1.29, 1.82) is 0 Å². The van der Waals surface area contributed by atoms with Crippen LogP contribution in [0.15, 0.2) is 114 Å². The molecule has 4 aromatic carbocycles. The SMILES string of the molecule is CC(C)OC(=O)N[C@@H](C(=O)N1CCC[C@H]1C(=O)Nc1ccc2oc(-c3ccc(NC(=O)[C@@H]4CCCN4C(=O)[C@@H](c4ccccc4)N(C(=O)O)C(C)C)cc3)cc2c1)c1ccccc1. The zero-order chi connectivity index (χ0) is 44.8. The molecule has 0 radical (unpaired) electrons. The van der Waals surface area contributed by atoms with E-state index in [-0.39, 0.29) is 17.9 Å². The second-order valence-electron chi connectivity index (χ2n) is 16.3. The largest absolute Gasteiger partial charge is 0.465 e. The first-order valence-corrected chi connectivity index (χ1v) is 21.2. The first kappa shape index (κ1) is 43.9. The monoisotopic (exact) mass is 856 g/mol. The highest BCUT2D eigenvalue weighted by Gasteiger charge is 2.42. The molecule has 6 amide bonds. The number of fused-ring (bicyclic) bond motifs is 1.